The fraction of sp³-hybridized carbons (Fsp3) is 0.878. The minimum Gasteiger partial charge on any atom is -0.249 e. The smallest absolute Gasteiger partial charge is 0.0725 e. The molecule has 0 N–H and O–H groups in total. The van der Waals surface area contributed by atoms with Crippen molar-refractivity contribution in [3.63, 3.8) is 0 Å². The third kappa shape index (κ3) is 53.3. The van der Waals surface area contributed by atoms with Gasteiger partial charge in [-0.05, 0) is 162 Å². The predicted octanol–water partition coefficient (Wildman–Crippen LogP) is 23.1. The summed E-state index contributed by atoms with van der Waals surface area (Å²) in [4.78, 5) is 0. The maximum Gasteiger partial charge on any atom is 0.0725 e. The summed E-state index contributed by atoms with van der Waals surface area (Å²) in [5.41, 5.74) is 6.55. The standard InChI is InChI=1S/4C17H33N3.C14H27N3/c2*1-15(2)10-7-5-6-8-12-17-14-18-19-20(17)13-9-11-16(3)4;2*1-15(2)10-8-6-5-7-9-11-17-14-18-19-20(17)13-12-16(3)4;1-12(2)8-6-5-7-9-14-10-15-16-17(14)11-13(3)4/h4*14-16H,5-13H2,1-4H3;10,12-13H,5-9,11H2,1-4H3. The normalized spacial score (nSPS) is 11.7. The van der Waals surface area contributed by atoms with Crippen LogP contribution in [0, 0.1) is 59.2 Å². The fourth-order valence-corrected chi connectivity index (χ4v) is 11.9. The average molecular weight is 1360 g/mol. The van der Waals surface area contributed by atoms with E-state index in [-0.39, 0.29) is 0 Å². The van der Waals surface area contributed by atoms with Crippen LogP contribution in [0.15, 0.2) is 31.0 Å². The zero-order chi connectivity index (χ0) is 71.9. The lowest BCUT2D eigenvalue weighted by molar-refractivity contribution is 0.453. The van der Waals surface area contributed by atoms with Gasteiger partial charge in [-0.25, -0.2) is 23.4 Å². The van der Waals surface area contributed by atoms with Gasteiger partial charge in [0.15, 0.2) is 0 Å². The molecule has 5 aromatic heterocycles. The maximum absolute atomic E-state index is 4.22. The van der Waals surface area contributed by atoms with Gasteiger partial charge in [0, 0.05) is 32.7 Å². The molecule has 0 amide bonds. The molecule has 0 unspecified atom stereocenters. The molecule has 0 aliphatic rings. The largest absolute Gasteiger partial charge is 0.249 e. The van der Waals surface area contributed by atoms with Crippen molar-refractivity contribution >= 4 is 0 Å². The van der Waals surface area contributed by atoms with Crippen molar-refractivity contribution in [1.29, 1.82) is 0 Å². The number of rotatable bonds is 52. The van der Waals surface area contributed by atoms with E-state index in [2.05, 4.69) is 213 Å². The van der Waals surface area contributed by atoms with Crippen LogP contribution in [-0.2, 0) is 64.8 Å². The Bertz CT molecular complexity index is 2310. The van der Waals surface area contributed by atoms with Crippen LogP contribution in [0.1, 0.15) is 372 Å². The van der Waals surface area contributed by atoms with Gasteiger partial charge in [0.2, 0.25) is 0 Å². The molecule has 0 bridgehead atoms. The topological polar surface area (TPSA) is 154 Å². The van der Waals surface area contributed by atoms with Crippen molar-refractivity contribution in [2.75, 3.05) is 0 Å². The van der Waals surface area contributed by atoms with Crippen molar-refractivity contribution in [1.82, 2.24) is 75.0 Å². The van der Waals surface area contributed by atoms with Crippen molar-refractivity contribution in [2.24, 2.45) is 59.2 Å². The summed E-state index contributed by atoms with van der Waals surface area (Å²) in [6, 6.07) is 0. The Hall–Kier alpha value is -4.30. The van der Waals surface area contributed by atoms with Crippen molar-refractivity contribution in [2.45, 2.75) is 409 Å². The van der Waals surface area contributed by atoms with E-state index in [1.54, 1.807) is 0 Å². The van der Waals surface area contributed by atoms with E-state index in [1.807, 2.05) is 31.0 Å². The Kier molecular flexibility index (Phi) is 55.5. The highest BCUT2D eigenvalue weighted by atomic mass is 15.4. The number of nitrogens with zero attached hydrogens (tertiary/aromatic N) is 15. The molecule has 5 rings (SSSR count). The zero-order valence-electron chi connectivity index (χ0n) is 67.6. The molecule has 0 radical (unpaired) electrons. The monoisotopic (exact) mass is 1350 g/mol. The molecule has 15 nitrogen and oxygen atoms in total. The van der Waals surface area contributed by atoms with Crippen LogP contribution >= 0.6 is 0 Å². The van der Waals surface area contributed by atoms with Gasteiger partial charge in [0.1, 0.15) is 0 Å². The first-order chi connectivity index (χ1) is 46.5. The summed E-state index contributed by atoms with van der Waals surface area (Å²) in [6.45, 7) is 50.7. The van der Waals surface area contributed by atoms with Gasteiger partial charge >= 0.3 is 0 Å². The first-order valence-corrected chi connectivity index (χ1v) is 40.8. The van der Waals surface area contributed by atoms with Crippen LogP contribution in [0.4, 0.5) is 0 Å². The van der Waals surface area contributed by atoms with Crippen molar-refractivity contribution in [3.05, 3.63) is 59.5 Å². The number of aryl methyl sites for hydroxylation is 9. The van der Waals surface area contributed by atoms with E-state index >= 15 is 0 Å². The molecule has 5 heterocycles. The van der Waals surface area contributed by atoms with Gasteiger partial charge in [-0.1, -0.05) is 299 Å². The third-order valence-corrected chi connectivity index (χ3v) is 18.2. The Labute approximate surface area is 599 Å². The molecule has 15 heteroatoms. The summed E-state index contributed by atoms with van der Waals surface area (Å²) in [7, 11) is 0. The molecule has 0 fully saturated rings. The molecule has 0 saturated carbocycles. The molecular weight excluding hydrogens is 1200 g/mol. The zero-order valence-corrected chi connectivity index (χ0v) is 67.6. The maximum atomic E-state index is 4.22. The first-order valence-electron chi connectivity index (χ1n) is 40.8. The highest BCUT2D eigenvalue weighted by Gasteiger charge is 2.11. The molecule has 0 aliphatic heterocycles. The Morgan fingerprint density at radius 2 is 0.381 bits per heavy atom. The highest BCUT2D eigenvalue weighted by molar-refractivity contribution is 4.97. The lowest BCUT2D eigenvalue weighted by Crippen LogP contribution is -2.09. The third-order valence-electron chi connectivity index (χ3n) is 18.2. The summed E-state index contributed by atoms with van der Waals surface area (Å²) < 4.78 is 10.5. The first kappa shape index (κ1) is 90.7. The number of hydrogen-bond donors (Lipinski definition) is 0. The molecule has 5 aromatic rings. The molecular formula is C82H159N15. The fourth-order valence-electron chi connectivity index (χ4n) is 11.9. The molecule has 0 spiro atoms. The van der Waals surface area contributed by atoms with E-state index in [4.69, 9.17) is 0 Å². The number of unbranched alkanes of at least 4 members (excludes halogenated alkanes) is 16. The van der Waals surface area contributed by atoms with E-state index in [9.17, 15) is 0 Å². The van der Waals surface area contributed by atoms with Crippen LogP contribution in [-0.4, -0.2) is 75.0 Å². The van der Waals surface area contributed by atoms with E-state index in [0.717, 1.165) is 118 Å². The van der Waals surface area contributed by atoms with Gasteiger partial charge in [0.05, 0.1) is 59.5 Å². The predicted molar refractivity (Wildman–Crippen MR) is 415 cm³/mol. The lowest BCUT2D eigenvalue weighted by Gasteiger charge is -2.08. The van der Waals surface area contributed by atoms with Crippen LogP contribution < -0.4 is 0 Å². The average Bonchev–Trinajstić information content (AvgIpc) is 1.94. The second kappa shape index (κ2) is 59.4. The summed E-state index contributed by atoms with van der Waals surface area (Å²) >= 11 is 0. The van der Waals surface area contributed by atoms with Gasteiger partial charge in [-0.2, -0.15) is 0 Å². The second-order valence-electron chi connectivity index (χ2n) is 33.1. The van der Waals surface area contributed by atoms with Crippen LogP contribution in [0.2, 0.25) is 0 Å². The van der Waals surface area contributed by atoms with Gasteiger partial charge in [-0.3, -0.25) is 0 Å². The SMILES string of the molecule is CC(C)CCCCCCCc1cnnn1CCC(C)C.CC(C)CCCCCCCc1cnnn1CCC(C)C.CC(C)CCCCCCc1cnnn1CCCC(C)C.CC(C)CCCCCCc1cnnn1CCCC(C)C.CC(C)CCCCCc1cnnn1CC(C)C. The molecule has 0 atom stereocenters. The molecule has 0 aromatic carbocycles. The van der Waals surface area contributed by atoms with Gasteiger partial charge in [-0.15, -0.1) is 25.5 Å². The van der Waals surface area contributed by atoms with E-state index in [1.165, 1.54) is 234 Å². The quantitative estimate of drug-likeness (QED) is 0.0344. The highest BCUT2D eigenvalue weighted by Crippen LogP contribution is 2.19. The number of hydrogen-bond acceptors (Lipinski definition) is 10. The molecule has 97 heavy (non-hydrogen) atoms. The molecule has 0 aliphatic carbocycles. The van der Waals surface area contributed by atoms with Crippen LogP contribution in [0.5, 0.6) is 0 Å². The van der Waals surface area contributed by atoms with Crippen molar-refractivity contribution < 1.29 is 0 Å². The molecule has 0 saturated heterocycles. The number of aromatic nitrogens is 15. The summed E-state index contributed by atoms with van der Waals surface area (Å²) in [6.07, 6.45) is 57.8. The van der Waals surface area contributed by atoms with E-state index in [0.29, 0.717) is 5.92 Å². The minimum absolute atomic E-state index is 0.636. The van der Waals surface area contributed by atoms with Crippen LogP contribution in [0.25, 0.3) is 0 Å². The summed E-state index contributed by atoms with van der Waals surface area (Å²) in [5, 5.41) is 41.3. The van der Waals surface area contributed by atoms with Gasteiger partial charge < -0.3 is 0 Å². The van der Waals surface area contributed by atoms with Crippen molar-refractivity contribution in [3.8, 4) is 0 Å². The minimum atomic E-state index is 0.636. The Morgan fingerprint density at radius 1 is 0.196 bits per heavy atom. The Morgan fingerprint density at radius 3 is 0.619 bits per heavy atom. The van der Waals surface area contributed by atoms with Gasteiger partial charge in [0.25, 0.3) is 0 Å². The summed E-state index contributed by atoms with van der Waals surface area (Å²) in [5.74, 6) is 7.90. The molecule has 562 valence electrons. The van der Waals surface area contributed by atoms with Crippen LogP contribution in [0.3, 0.4) is 0 Å². The lowest BCUT2D eigenvalue weighted by atomic mass is 10.0. The second-order valence-corrected chi connectivity index (χ2v) is 33.1. The van der Waals surface area contributed by atoms with E-state index < -0.39 is 0 Å². The Balaban J connectivity index is 0.000000607.